The number of aryl methyl sites for hydroxylation is 1. The number of benzene rings is 1. The van der Waals surface area contributed by atoms with Crippen LogP contribution in [-0.2, 0) is 13.5 Å². The van der Waals surface area contributed by atoms with Crippen LogP contribution in [0.15, 0.2) is 30.5 Å². The van der Waals surface area contributed by atoms with Crippen molar-refractivity contribution in [1.29, 1.82) is 5.41 Å². The minimum atomic E-state index is 0.210. The zero-order valence-corrected chi connectivity index (χ0v) is 8.12. The molecule has 2 aromatic rings. The molecule has 0 aliphatic carbocycles. The molecule has 0 saturated heterocycles. The van der Waals surface area contributed by atoms with E-state index in [1.54, 1.807) is 0 Å². The van der Waals surface area contributed by atoms with Crippen LogP contribution in [0.1, 0.15) is 5.56 Å². The Morgan fingerprint density at radius 3 is 2.86 bits per heavy atom. The van der Waals surface area contributed by atoms with Gasteiger partial charge in [-0.05, 0) is 11.6 Å². The largest absolute Gasteiger partial charge is 0.387 e. The molecule has 1 aromatic heterocycles. The van der Waals surface area contributed by atoms with Crippen molar-refractivity contribution in [1.82, 2.24) is 4.57 Å². The molecule has 0 aliphatic heterocycles. The molecule has 0 saturated carbocycles. The third kappa shape index (κ3) is 1.37. The van der Waals surface area contributed by atoms with Gasteiger partial charge in [-0.2, -0.15) is 0 Å². The standard InChI is InChI=1S/C11H13N3/c1-14-7-8(6-11(12)13)9-4-2-3-5-10(9)14/h2-5,7H,6H2,1H3,(H3,12,13). The van der Waals surface area contributed by atoms with Crippen molar-refractivity contribution in [2.45, 2.75) is 6.42 Å². The van der Waals surface area contributed by atoms with Crippen LogP contribution in [0.5, 0.6) is 0 Å². The predicted octanol–water partition coefficient (Wildman–Crippen LogP) is 1.66. The Labute approximate surface area is 82.7 Å². The quantitative estimate of drug-likeness (QED) is 0.545. The fraction of sp³-hybridized carbons (Fsp3) is 0.182. The molecule has 3 heteroatoms. The third-order valence-electron chi connectivity index (χ3n) is 2.36. The fourth-order valence-electron chi connectivity index (χ4n) is 1.77. The third-order valence-corrected chi connectivity index (χ3v) is 2.36. The number of nitrogens with two attached hydrogens (primary N) is 1. The average Bonchev–Trinajstić information content (AvgIpc) is 2.44. The molecule has 0 fully saturated rings. The summed E-state index contributed by atoms with van der Waals surface area (Å²) in [7, 11) is 2.01. The molecule has 72 valence electrons. The molecule has 3 N–H and O–H groups in total. The topological polar surface area (TPSA) is 54.8 Å². The van der Waals surface area contributed by atoms with E-state index in [9.17, 15) is 0 Å². The van der Waals surface area contributed by atoms with Crippen LogP contribution >= 0.6 is 0 Å². The maximum Gasteiger partial charge on any atom is 0.0950 e. The molecule has 1 heterocycles. The van der Waals surface area contributed by atoms with Gasteiger partial charge in [-0.1, -0.05) is 18.2 Å². The van der Waals surface area contributed by atoms with Crippen LogP contribution in [0.4, 0.5) is 0 Å². The first-order valence-electron chi connectivity index (χ1n) is 4.54. The van der Waals surface area contributed by atoms with Gasteiger partial charge < -0.3 is 10.3 Å². The zero-order chi connectivity index (χ0) is 10.1. The summed E-state index contributed by atoms with van der Waals surface area (Å²) in [6.45, 7) is 0. The first kappa shape index (κ1) is 8.81. The van der Waals surface area contributed by atoms with Gasteiger partial charge in [0.2, 0.25) is 0 Å². The smallest absolute Gasteiger partial charge is 0.0950 e. The van der Waals surface area contributed by atoms with Gasteiger partial charge in [-0.3, -0.25) is 5.41 Å². The molecule has 0 atom stereocenters. The van der Waals surface area contributed by atoms with E-state index < -0.39 is 0 Å². The van der Waals surface area contributed by atoms with Crippen molar-refractivity contribution in [3.8, 4) is 0 Å². The molecule has 0 aliphatic rings. The summed E-state index contributed by atoms with van der Waals surface area (Å²) in [5, 5.41) is 8.47. The zero-order valence-electron chi connectivity index (χ0n) is 8.12. The lowest BCUT2D eigenvalue weighted by Crippen LogP contribution is -2.12. The van der Waals surface area contributed by atoms with E-state index in [0.29, 0.717) is 6.42 Å². The Bertz CT molecular complexity index is 482. The van der Waals surface area contributed by atoms with Crippen molar-refractivity contribution in [2.75, 3.05) is 0 Å². The van der Waals surface area contributed by atoms with Crippen molar-refractivity contribution in [2.24, 2.45) is 12.8 Å². The number of nitrogens with zero attached hydrogens (tertiary/aromatic N) is 1. The van der Waals surface area contributed by atoms with E-state index in [1.807, 2.05) is 25.4 Å². The Morgan fingerprint density at radius 2 is 2.14 bits per heavy atom. The minimum absolute atomic E-state index is 0.210. The van der Waals surface area contributed by atoms with Crippen LogP contribution in [-0.4, -0.2) is 10.4 Å². The second-order valence-electron chi connectivity index (χ2n) is 3.48. The summed E-state index contributed by atoms with van der Waals surface area (Å²) in [6, 6.07) is 8.15. The molecular weight excluding hydrogens is 174 g/mol. The number of fused-ring (bicyclic) bond motifs is 1. The molecule has 14 heavy (non-hydrogen) atoms. The van der Waals surface area contributed by atoms with Gasteiger partial charge in [0.15, 0.2) is 0 Å². The van der Waals surface area contributed by atoms with Crippen molar-refractivity contribution < 1.29 is 0 Å². The SMILES string of the molecule is Cn1cc(CC(=N)N)c2ccccc21. The lowest BCUT2D eigenvalue weighted by Gasteiger charge is -1.95. The highest BCUT2D eigenvalue weighted by Crippen LogP contribution is 2.20. The second-order valence-corrected chi connectivity index (χ2v) is 3.48. The number of rotatable bonds is 2. The maximum absolute atomic E-state index is 7.28. The first-order chi connectivity index (χ1) is 6.68. The minimum Gasteiger partial charge on any atom is -0.387 e. The van der Waals surface area contributed by atoms with Crippen molar-refractivity contribution in [3.05, 3.63) is 36.0 Å². The molecule has 0 unspecified atom stereocenters. The molecule has 0 radical (unpaired) electrons. The van der Waals surface area contributed by atoms with E-state index in [0.717, 1.165) is 5.56 Å². The number of hydrogen-bond donors (Lipinski definition) is 2. The maximum atomic E-state index is 7.28. The number of hydrogen-bond acceptors (Lipinski definition) is 1. The summed E-state index contributed by atoms with van der Waals surface area (Å²) in [4.78, 5) is 0. The first-order valence-corrected chi connectivity index (χ1v) is 4.54. The summed E-state index contributed by atoms with van der Waals surface area (Å²) in [5.74, 6) is 0.210. The van der Waals surface area contributed by atoms with E-state index in [-0.39, 0.29) is 5.84 Å². The van der Waals surface area contributed by atoms with E-state index >= 15 is 0 Å². The summed E-state index contributed by atoms with van der Waals surface area (Å²) in [6.07, 6.45) is 2.56. The molecule has 0 bridgehead atoms. The van der Waals surface area contributed by atoms with E-state index in [1.165, 1.54) is 10.9 Å². The predicted molar refractivity (Wildman–Crippen MR) is 58.5 cm³/mol. The molecular formula is C11H13N3. The Morgan fingerprint density at radius 1 is 1.43 bits per heavy atom. The molecule has 0 spiro atoms. The van der Waals surface area contributed by atoms with Gasteiger partial charge in [0, 0.05) is 30.6 Å². The van der Waals surface area contributed by atoms with Crippen LogP contribution in [0, 0.1) is 5.41 Å². The van der Waals surface area contributed by atoms with Gasteiger partial charge in [0.25, 0.3) is 0 Å². The Kier molecular flexibility index (Phi) is 2.00. The number of amidine groups is 1. The van der Waals surface area contributed by atoms with Gasteiger partial charge >= 0.3 is 0 Å². The van der Waals surface area contributed by atoms with Crippen LogP contribution in [0.2, 0.25) is 0 Å². The van der Waals surface area contributed by atoms with Gasteiger partial charge in [0.05, 0.1) is 5.84 Å². The fourth-order valence-corrected chi connectivity index (χ4v) is 1.77. The van der Waals surface area contributed by atoms with Crippen LogP contribution in [0.3, 0.4) is 0 Å². The Balaban J connectivity index is 2.60. The highest BCUT2D eigenvalue weighted by Gasteiger charge is 2.05. The summed E-state index contributed by atoms with van der Waals surface area (Å²) >= 11 is 0. The normalized spacial score (nSPS) is 10.6. The lowest BCUT2D eigenvalue weighted by atomic mass is 10.1. The van der Waals surface area contributed by atoms with Crippen molar-refractivity contribution in [3.63, 3.8) is 0 Å². The van der Waals surface area contributed by atoms with Gasteiger partial charge in [0.1, 0.15) is 0 Å². The van der Waals surface area contributed by atoms with Crippen molar-refractivity contribution >= 4 is 16.7 Å². The number of para-hydroxylation sites is 1. The number of aromatic nitrogens is 1. The van der Waals surface area contributed by atoms with Gasteiger partial charge in [-0.25, -0.2) is 0 Å². The van der Waals surface area contributed by atoms with Gasteiger partial charge in [-0.15, -0.1) is 0 Å². The van der Waals surface area contributed by atoms with Crippen LogP contribution < -0.4 is 5.73 Å². The van der Waals surface area contributed by atoms with Crippen LogP contribution in [0.25, 0.3) is 10.9 Å². The molecule has 0 amide bonds. The molecule has 2 rings (SSSR count). The average molecular weight is 187 g/mol. The molecule has 3 nitrogen and oxygen atoms in total. The van der Waals surface area contributed by atoms with E-state index in [4.69, 9.17) is 11.1 Å². The molecule has 1 aromatic carbocycles. The number of nitrogens with one attached hydrogen (secondary N) is 1. The monoisotopic (exact) mass is 187 g/mol. The van der Waals surface area contributed by atoms with E-state index in [2.05, 4.69) is 16.7 Å². The highest BCUT2D eigenvalue weighted by molar-refractivity contribution is 5.89. The highest BCUT2D eigenvalue weighted by atomic mass is 14.9. The summed E-state index contributed by atoms with van der Waals surface area (Å²) in [5.41, 5.74) is 7.70. The summed E-state index contributed by atoms with van der Waals surface area (Å²) < 4.78 is 2.06. The second kappa shape index (κ2) is 3.18. The lowest BCUT2D eigenvalue weighted by molar-refractivity contribution is 0.961. The Hall–Kier alpha value is -1.77.